The summed E-state index contributed by atoms with van der Waals surface area (Å²) in [6.45, 7) is 9.81. The number of hydrogen-bond donors (Lipinski definition) is 1. The number of thioether (sulfide) groups is 1. The predicted octanol–water partition coefficient (Wildman–Crippen LogP) is 2.44. The molecular formula is C16H25N3OS. The molecule has 2 rings (SSSR count). The predicted molar refractivity (Wildman–Crippen MR) is 92.5 cm³/mol. The summed E-state index contributed by atoms with van der Waals surface area (Å²) in [5, 5.41) is 2.97. The molecule has 0 unspecified atom stereocenters. The third-order valence-corrected chi connectivity index (χ3v) is 4.50. The third-order valence-electron chi connectivity index (χ3n) is 3.94. The summed E-state index contributed by atoms with van der Waals surface area (Å²) in [5.74, 6) is 0.565. The summed E-state index contributed by atoms with van der Waals surface area (Å²) in [6.07, 6.45) is 1.94. The molecule has 0 spiro atoms. The van der Waals surface area contributed by atoms with Crippen LogP contribution in [0.5, 0.6) is 0 Å². The van der Waals surface area contributed by atoms with E-state index in [2.05, 4.69) is 41.1 Å². The van der Waals surface area contributed by atoms with E-state index < -0.39 is 0 Å². The van der Waals surface area contributed by atoms with Crippen molar-refractivity contribution in [1.82, 2.24) is 4.90 Å². The van der Waals surface area contributed by atoms with Gasteiger partial charge < -0.3 is 15.1 Å². The van der Waals surface area contributed by atoms with Crippen molar-refractivity contribution in [2.24, 2.45) is 0 Å². The van der Waals surface area contributed by atoms with Crippen LogP contribution in [-0.2, 0) is 4.79 Å². The van der Waals surface area contributed by atoms with Gasteiger partial charge in [0.15, 0.2) is 0 Å². The first kappa shape index (κ1) is 16.2. The van der Waals surface area contributed by atoms with E-state index >= 15 is 0 Å². The first-order valence-corrected chi connectivity index (χ1v) is 8.90. The number of carbonyl (C=O) groups is 1. The van der Waals surface area contributed by atoms with Gasteiger partial charge in [-0.05, 0) is 43.5 Å². The molecule has 0 bridgehead atoms. The number of benzene rings is 1. The van der Waals surface area contributed by atoms with Crippen LogP contribution in [0.1, 0.15) is 12.5 Å². The fourth-order valence-corrected chi connectivity index (χ4v) is 2.96. The Balaban J connectivity index is 2.00. The number of aryl methyl sites for hydroxylation is 1. The summed E-state index contributed by atoms with van der Waals surface area (Å²) < 4.78 is 0. The topological polar surface area (TPSA) is 35.6 Å². The van der Waals surface area contributed by atoms with Crippen LogP contribution in [0.2, 0.25) is 0 Å². The molecule has 1 amide bonds. The van der Waals surface area contributed by atoms with Crippen molar-refractivity contribution >= 4 is 29.0 Å². The van der Waals surface area contributed by atoms with E-state index in [-0.39, 0.29) is 5.91 Å². The number of piperazine rings is 1. The highest BCUT2D eigenvalue weighted by Gasteiger charge is 2.16. The number of anilines is 2. The highest BCUT2D eigenvalue weighted by atomic mass is 32.2. The molecule has 1 aliphatic heterocycles. The number of nitrogens with one attached hydrogen (secondary N) is 1. The van der Waals surface area contributed by atoms with Gasteiger partial charge in [0.25, 0.3) is 0 Å². The monoisotopic (exact) mass is 307 g/mol. The van der Waals surface area contributed by atoms with Crippen LogP contribution in [0.15, 0.2) is 18.2 Å². The van der Waals surface area contributed by atoms with Gasteiger partial charge in [-0.3, -0.25) is 4.79 Å². The van der Waals surface area contributed by atoms with Gasteiger partial charge in [0.2, 0.25) is 5.91 Å². The lowest BCUT2D eigenvalue weighted by molar-refractivity contribution is -0.113. The second-order valence-electron chi connectivity index (χ2n) is 5.40. The smallest absolute Gasteiger partial charge is 0.234 e. The zero-order chi connectivity index (χ0) is 15.2. The molecule has 1 aromatic rings. The number of nitrogens with zero attached hydrogens (tertiary/aromatic N) is 2. The molecule has 1 aromatic carbocycles. The minimum absolute atomic E-state index is 0.0647. The SMILES string of the molecule is CCN1CCN(c2ccc(NC(=O)CSC)c(C)c2)CC1. The van der Waals surface area contributed by atoms with Crippen molar-refractivity contribution in [1.29, 1.82) is 0 Å². The molecule has 4 nitrogen and oxygen atoms in total. The molecule has 0 atom stereocenters. The van der Waals surface area contributed by atoms with E-state index in [0.717, 1.165) is 44.0 Å². The van der Waals surface area contributed by atoms with Crippen molar-refractivity contribution in [3.05, 3.63) is 23.8 Å². The second-order valence-corrected chi connectivity index (χ2v) is 6.27. The molecule has 5 heteroatoms. The number of amides is 1. The maximum atomic E-state index is 11.7. The van der Waals surface area contributed by atoms with Gasteiger partial charge in [0.1, 0.15) is 0 Å². The van der Waals surface area contributed by atoms with E-state index in [9.17, 15) is 4.79 Å². The summed E-state index contributed by atoms with van der Waals surface area (Å²) in [7, 11) is 0. The first-order chi connectivity index (χ1) is 10.1. The van der Waals surface area contributed by atoms with E-state index in [0.29, 0.717) is 5.75 Å². The fourth-order valence-electron chi connectivity index (χ4n) is 2.62. The van der Waals surface area contributed by atoms with Crippen molar-refractivity contribution in [2.75, 3.05) is 54.9 Å². The normalized spacial score (nSPS) is 16.0. The molecule has 1 aliphatic rings. The fraction of sp³-hybridized carbons (Fsp3) is 0.562. The van der Waals surface area contributed by atoms with E-state index in [4.69, 9.17) is 0 Å². The maximum absolute atomic E-state index is 11.7. The average molecular weight is 307 g/mol. The molecule has 0 saturated carbocycles. The quantitative estimate of drug-likeness (QED) is 0.906. The maximum Gasteiger partial charge on any atom is 0.234 e. The van der Waals surface area contributed by atoms with E-state index in [1.165, 1.54) is 17.4 Å². The van der Waals surface area contributed by atoms with Gasteiger partial charge in [-0.1, -0.05) is 6.92 Å². The molecule has 116 valence electrons. The Morgan fingerprint density at radius 1 is 1.29 bits per heavy atom. The molecule has 1 saturated heterocycles. The minimum atomic E-state index is 0.0647. The van der Waals surface area contributed by atoms with Gasteiger partial charge in [-0.15, -0.1) is 0 Å². The summed E-state index contributed by atoms with van der Waals surface area (Å²) in [6, 6.07) is 6.31. The molecule has 21 heavy (non-hydrogen) atoms. The van der Waals surface area contributed by atoms with Crippen LogP contribution >= 0.6 is 11.8 Å². The summed E-state index contributed by atoms with van der Waals surface area (Å²) in [4.78, 5) is 16.6. The van der Waals surface area contributed by atoms with Gasteiger partial charge in [-0.2, -0.15) is 11.8 Å². The molecule has 0 aromatic heterocycles. The van der Waals surface area contributed by atoms with Crippen molar-refractivity contribution in [2.45, 2.75) is 13.8 Å². The highest BCUT2D eigenvalue weighted by Crippen LogP contribution is 2.23. The van der Waals surface area contributed by atoms with Crippen LogP contribution in [0, 0.1) is 6.92 Å². The number of likely N-dealkylation sites (N-methyl/N-ethyl adjacent to an activating group) is 1. The minimum Gasteiger partial charge on any atom is -0.369 e. The van der Waals surface area contributed by atoms with Crippen LogP contribution in [0.3, 0.4) is 0 Å². The van der Waals surface area contributed by atoms with E-state index in [1.807, 2.05) is 12.3 Å². The van der Waals surface area contributed by atoms with Crippen LogP contribution in [0.4, 0.5) is 11.4 Å². The number of carbonyl (C=O) groups excluding carboxylic acids is 1. The van der Waals surface area contributed by atoms with Crippen LogP contribution in [0.25, 0.3) is 0 Å². The molecule has 1 fully saturated rings. The lowest BCUT2D eigenvalue weighted by Crippen LogP contribution is -2.46. The lowest BCUT2D eigenvalue weighted by atomic mass is 10.1. The average Bonchev–Trinajstić information content (AvgIpc) is 2.50. The largest absolute Gasteiger partial charge is 0.369 e. The molecular weight excluding hydrogens is 282 g/mol. The molecule has 1 heterocycles. The summed E-state index contributed by atoms with van der Waals surface area (Å²) >= 11 is 1.54. The summed E-state index contributed by atoms with van der Waals surface area (Å²) in [5.41, 5.74) is 3.30. The standard InChI is InChI=1S/C16H25N3OS/c1-4-18-7-9-19(10-8-18)14-5-6-15(13(2)11-14)17-16(20)12-21-3/h5-6,11H,4,7-10,12H2,1-3H3,(H,17,20). The van der Waals surface area contributed by atoms with Crippen LogP contribution in [-0.4, -0.2) is 55.5 Å². The van der Waals surface area contributed by atoms with Crippen molar-refractivity contribution in [3.63, 3.8) is 0 Å². The Kier molecular flexibility index (Phi) is 5.94. The lowest BCUT2D eigenvalue weighted by Gasteiger charge is -2.35. The Hall–Kier alpha value is -1.20. The molecule has 1 N–H and O–H groups in total. The zero-order valence-electron chi connectivity index (χ0n) is 13.2. The second kappa shape index (κ2) is 7.71. The van der Waals surface area contributed by atoms with Gasteiger partial charge in [-0.25, -0.2) is 0 Å². The van der Waals surface area contributed by atoms with Gasteiger partial charge >= 0.3 is 0 Å². The zero-order valence-corrected chi connectivity index (χ0v) is 14.0. The van der Waals surface area contributed by atoms with E-state index in [1.54, 1.807) is 0 Å². The Labute approximate surface area is 131 Å². The Morgan fingerprint density at radius 2 is 2.00 bits per heavy atom. The first-order valence-electron chi connectivity index (χ1n) is 7.50. The Bertz CT molecular complexity index is 484. The Morgan fingerprint density at radius 3 is 2.57 bits per heavy atom. The van der Waals surface area contributed by atoms with Crippen LogP contribution < -0.4 is 10.2 Å². The van der Waals surface area contributed by atoms with Crippen molar-refractivity contribution < 1.29 is 4.79 Å². The molecule has 0 aliphatic carbocycles. The molecule has 0 radical (unpaired) electrons. The van der Waals surface area contributed by atoms with Crippen molar-refractivity contribution in [3.8, 4) is 0 Å². The number of hydrogen-bond acceptors (Lipinski definition) is 4. The van der Waals surface area contributed by atoms with Gasteiger partial charge in [0.05, 0.1) is 5.75 Å². The third kappa shape index (κ3) is 4.38. The van der Waals surface area contributed by atoms with Gasteiger partial charge in [0, 0.05) is 37.6 Å². The highest BCUT2D eigenvalue weighted by molar-refractivity contribution is 7.99. The number of rotatable bonds is 5.